The molecule has 0 saturated carbocycles. The number of carbonyl (C=O) groups is 1. The van der Waals surface area contributed by atoms with Crippen LogP contribution in [-0.4, -0.2) is 26.4 Å². The SMILES string of the molecule is COCCOCc1cccc(NC(=O)N[C@@H](C)c2cc(C)oc2C)c1. The topological polar surface area (TPSA) is 72.7 Å². The van der Waals surface area contributed by atoms with Gasteiger partial charge in [-0.25, -0.2) is 4.79 Å². The Balaban J connectivity index is 1.88. The maximum absolute atomic E-state index is 12.2. The van der Waals surface area contributed by atoms with E-state index in [2.05, 4.69) is 10.6 Å². The minimum absolute atomic E-state index is 0.141. The minimum atomic E-state index is -0.261. The number of furan rings is 1. The molecule has 6 heteroatoms. The first-order valence-electron chi connectivity index (χ1n) is 8.29. The number of hydrogen-bond donors (Lipinski definition) is 2. The van der Waals surface area contributed by atoms with Gasteiger partial charge in [0.2, 0.25) is 0 Å². The zero-order valence-electron chi connectivity index (χ0n) is 15.2. The van der Waals surface area contributed by atoms with E-state index in [9.17, 15) is 4.79 Å². The lowest BCUT2D eigenvalue weighted by molar-refractivity contribution is 0.0617. The van der Waals surface area contributed by atoms with Crippen LogP contribution >= 0.6 is 0 Å². The predicted molar refractivity (Wildman–Crippen MR) is 96.7 cm³/mol. The number of nitrogens with one attached hydrogen (secondary N) is 2. The third-order valence-corrected chi connectivity index (χ3v) is 3.78. The largest absolute Gasteiger partial charge is 0.466 e. The van der Waals surface area contributed by atoms with Crippen LogP contribution in [0.25, 0.3) is 0 Å². The van der Waals surface area contributed by atoms with Gasteiger partial charge in [-0.1, -0.05) is 12.1 Å². The van der Waals surface area contributed by atoms with Gasteiger partial charge in [0.15, 0.2) is 0 Å². The summed E-state index contributed by atoms with van der Waals surface area (Å²) >= 11 is 0. The Morgan fingerprint density at radius 2 is 2.04 bits per heavy atom. The molecule has 0 aliphatic rings. The highest BCUT2D eigenvalue weighted by molar-refractivity contribution is 5.89. The molecule has 2 rings (SSSR count). The van der Waals surface area contributed by atoms with Crippen molar-refractivity contribution in [1.29, 1.82) is 0 Å². The summed E-state index contributed by atoms with van der Waals surface area (Å²) in [5.74, 6) is 1.66. The molecule has 0 spiro atoms. The zero-order chi connectivity index (χ0) is 18.2. The van der Waals surface area contributed by atoms with E-state index in [0.717, 1.165) is 28.3 Å². The maximum Gasteiger partial charge on any atom is 0.319 e. The number of methoxy groups -OCH3 is 1. The smallest absolute Gasteiger partial charge is 0.319 e. The van der Waals surface area contributed by atoms with Crippen molar-refractivity contribution in [3.8, 4) is 0 Å². The summed E-state index contributed by atoms with van der Waals surface area (Å²) in [6.45, 7) is 7.29. The van der Waals surface area contributed by atoms with E-state index < -0.39 is 0 Å². The molecule has 2 N–H and O–H groups in total. The van der Waals surface area contributed by atoms with Crippen molar-refractivity contribution in [3.05, 3.63) is 53.0 Å². The van der Waals surface area contributed by atoms with Crippen LogP contribution in [0.15, 0.2) is 34.7 Å². The van der Waals surface area contributed by atoms with E-state index in [0.29, 0.717) is 19.8 Å². The van der Waals surface area contributed by atoms with Crippen LogP contribution in [0.3, 0.4) is 0 Å². The van der Waals surface area contributed by atoms with Crippen molar-refractivity contribution < 1.29 is 18.7 Å². The van der Waals surface area contributed by atoms with Gasteiger partial charge in [0.1, 0.15) is 11.5 Å². The summed E-state index contributed by atoms with van der Waals surface area (Å²) in [5.41, 5.74) is 2.69. The number of amides is 2. The molecule has 136 valence electrons. The number of urea groups is 1. The predicted octanol–water partition coefficient (Wildman–Crippen LogP) is 3.94. The zero-order valence-corrected chi connectivity index (χ0v) is 15.2. The molecule has 1 aromatic heterocycles. The molecule has 0 unspecified atom stereocenters. The van der Waals surface area contributed by atoms with Gasteiger partial charge in [-0.05, 0) is 44.5 Å². The van der Waals surface area contributed by atoms with Crippen LogP contribution in [0.1, 0.15) is 35.6 Å². The molecule has 0 saturated heterocycles. The van der Waals surface area contributed by atoms with Gasteiger partial charge in [0.25, 0.3) is 0 Å². The minimum Gasteiger partial charge on any atom is -0.466 e. The fourth-order valence-corrected chi connectivity index (χ4v) is 2.59. The van der Waals surface area contributed by atoms with E-state index in [1.807, 2.05) is 51.1 Å². The third kappa shape index (κ3) is 5.92. The summed E-state index contributed by atoms with van der Waals surface area (Å²) in [5, 5.41) is 5.77. The van der Waals surface area contributed by atoms with Crippen molar-refractivity contribution in [2.24, 2.45) is 0 Å². The molecule has 25 heavy (non-hydrogen) atoms. The highest BCUT2D eigenvalue weighted by Crippen LogP contribution is 2.21. The Hall–Kier alpha value is -2.31. The Labute approximate surface area is 148 Å². The molecule has 1 atom stereocenters. The molecule has 0 bridgehead atoms. The molecule has 0 aliphatic carbocycles. The molecule has 6 nitrogen and oxygen atoms in total. The lowest BCUT2D eigenvalue weighted by Gasteiger charge is -2.14. The normalized spacial score (nSPS) is 12.0. The number of carbonyl (C=O) groups excluding carboxylic acids is 1. The first-order valence-corrected chi connectivity index (χ1v) is 8.29. The van der Waals surface area contributed by atoms with E-state index in [4.69, 9.17) is 13.9 Å². The fourth-order valence-electron chi connectivity index (χ4n) is 2.59. The van der Waals surface area contributed by atoms with Crippen LogP contribution < -0.4 is 10.6 Å². The first-order chi connectivity index (χ1) is 12.0. The Kier molecular flexibility index (Phi) is 7.03. The van der Waals surface area contributed by atoms with Crippen LogP contribution in [0.5, 0.6) is 0 Å². The van der Waals surface area contributed by atoms with Gasteiger partial charge in [-0.15, -0.1) is 0 Å². The molecule has 0 radical (unpaired) electrons. The molecule has 1 heterocycles. The lowest BCUT2D eigenvalue weighted by atomic mass is 10.1. The monoisotopic (exact) mass is 346 g/mol. The van der Waals surface area contributed by atoms with Crippen LogP contribution in [0.4, 0.5) is 10.5 Å². The number of benzene rings is 1. The second-order valence-corrected chi connectivity index (χ2v) is 5.93. The summed E-state index contributed by atoms with van der Waals surface area (Å²) in [6.07, 6.45) is 0. The number of ether oxygens (including phenoxy) is 2. The Bertz CT molecular complexity index is 696. The Morgan fingerprint density at radius 1 is 1.24 bits per heavy atom. The fraction of sp³-hybridized carbons (Fsp3) is 0.421. The summed E-state index contributed by atoms with van der Waals surface area (Å²) < 4.78 is 15.9. The highest BCUT2D eigenvalue weighted by Gasteiger charge is 2.15. The molecular formula is C19H26N2O4. The van der Waals surface area contributed by atoms with Crippen molar-refractivity contribution in [2.75, 3.05) is 25.6 Å². The number of anilines is 1. The summed E-state index contributed by atoms with van der Waals surface area (Å²) in [7, 11) is 1.64. The van der Waals surface area contributed by atoms with Gasteiger partial charge >= 0.3 is 6.03 Å². The molecule has 2 aromatic rings. The van der Waals surface area contributed by atoms with Crippen LogP contribution in [-0.2, 0) is 16.1 Å². The number of rotatable bonds is 8. The summed E-state index contributed by atoms with van der Waals surface area (Å²) in [4.78, 5) is 12.2. The van der Waals surface area contributed by atoms with Gasteiger partial charge in [-0.3, -0.25) is 0 Å². The average molecular weight is 346 g/mol. The van der Waals surface area contributed by atoms with E-state index >= 15 is 0 Å². The van der Waals surface area contributed by atoms with Crippen molar-refractivity contribution in [1.82, 2.24) is 5.32 Å². The van der Waals surface area contributed by atoms with E-state index in [-0.39, 0.29) is 12.1 Å². The highest BCUT2D eigenvalue weighted by atomic mass is 16.5. The maximum atomic E-state index is 12.2. The molecule has 0 aliphatic heterocycles. The van der Waals surface area contributed by atoms with Crippen molar-refractivity contribution in [3.63, 3.8) is 0 Å². The van der Waals surface area contributed by atoms with Crippen LogP contribution in [0, 0.1) is 13.8 Å². The van der Waals surface area contributed by atoms with Crippen molar-refractivity contribution >= 4 is 11.7 Å². The average Bonchev–Trinajstić information content (AvgIpc) is 2.90. The van der Waals surface area contributed by atoms with Gasteiger partial charge in [-0.2, -0.15) is 0 Å². The summed E-state index contributed by atoms with van der Waals surface area (Å²) in [6, 6.07) is 9.12. The molecule has 2 amide bonds. The number of hydrogen-bond acceptors (Lipinski definition) is 4. The lowest BCUT2D eigenvalue weighted by Crippen LogP contribution is -2.31. The van der Waals surface area contributed by atoms with E-state index in [1.54, 1.807) is 7.11 Å². The van der Waals surface area contributed by atoms with Crippen molar-refractivity contribution in [2.45, 2.75) is 33.4 Å². The quantitative estimate of drug-likeness (QED) is 0.710. The molecular weight excluding hydrogens is 320 g/mol. The molecule has 0 fully saturated rings. The third-order valence-electron chi connectivity index (χ3n) is 3.78. The van der Waals surface area contributed by atoms with Gasteiger partial charge in [0, 0.05) is 18.4 Å². The Morgan fingerprint density at radius 3 is 2.72 bits per heavy atom. The number of aryl methyl sites for hydroxylation is 2. The second-order valence-electron chi connectivity index (χ2n) is 5.93. The van der Waals surface area contributed by atoms with E-state index in [1.165, 1.54) is 0 Å². The molecule has 1 aromatic carbocycles. The van der Waals surface area contributed by atoms with Gasteiger partial charge < -0.3 is 24.5 Å². The first kappa shape index (κ1) is 19.0. The second kappa shape index (κ2) is 9.25. The van der Waals surface area contributed by atoms with Gasteiger partial charge in [0.05, 0.1) is 25.9 Å². The van der Waals surface area contributed by atoms with Crippen LogP contribution in [0.2, 0.25) is 0 Å². The standard InChI is InChI=1S/C19H26N2O4/c1-13-10-18(15(3)25-13)14(2)20-19(22)21-17-7-5-6-16(11-17)12-24-9-8-23-4/h5-7,10-11,14H,8-9,12H2,1-4H3,(H2,20,21,22)/t14-/m0/s1.